The third-order valence-electron chi connectivity index (χ3n) is 5.18. The molecular formula is C18H23N3. The number of imidazole rings is 1. The molecule has 21 heavy (non-hydrogen) atoms. The highest BCUT2D eigenvalue weighted by Gasteiger charge is 2.34. The molecule has 1 aromatic heterocycles. The third kappa shape index (κ3) is 2.40. The van der Waals surface area contributed by atoms with Crippen LogP contribution in [0.3, 0.4) is 0 Å². The molecule has 0 aliphatic heterocycles. The quantitative estimate of drug-likeness (QED) is 0.674. The van der Waals surface area contributed by atoms with Crippen molar-refractivity contribution >= 4 is 11.0 Å². The summed E-state index contributed by atoms with van der Waals surface area (Å²) in [5.74, 6) is 3.70. The Morgan fingerprint density at radius 3 is 2.95 bits per heavy atom. The fourth-order valence-electron chi connectivity index (χ4n) is 4.09. The average molecular weight is 281 g/mol. The highest BCUT2D eigenvalue weighted by Crippen LogP contribution is 2.42. The molecule has 3 heteroatoms. The van der Waals surface area contributed by atoms with Crippen molar-refractivity contribution in [2.24, 2.45) is 17.8 Å². The van der Waals surface area contributed by atoms with Crippen LogP contribution in [-0.2, 0) is 6.54 Å². The van der Waals surface area contributed by atoms with Crippen LogP contribution in [0.5, 0.6) is 0 Å². The summed E-state index contributed by atoms with van der Waals surface area (Å²) in [5.41, 5.74) is 2.35. The van der Waals surface area contributed by atoms with E-state index in [1.807, 2.05) is 0 Å². The van der Waals surface area contributed by atoms with Gasteiger partial charge in [-0.15, -0.1) is 0 Å². The minimum absolute atomic E-state index is 0.846. The molecule has 1 heterocycles. The number of para-hydroxylation sites is 2. The lowest BCUT2D eigenvalue weighted by atomic mass is 9.94. The number of aryl methyl sites for hydroxylation is 1. The first-order valence-corrected chi connectivity index (χ1v) is 8.12. The Bertz CT molecular complexity index is 670. The van der Waals surface area contributed by atoms with Gasteiger partial charge in [0.05, 0.1) is 11.0 Å². The van der Waals surface area contributed by atoms with Gasteiger partial charge >= 0.3 is 0 Å². The van der Waals surface area contributed by atoms with Gasteiger partial charge in [-0.05, 0) is 56.2 Å². The van der Waals surface area contributed by atoms with Crippen molar-refractivity contribution in [3.63, 3.8) is 0 Å². The minimum Gasteiger partial charge on any atom is -0.327 e. The van der Waals surface area contributed by atoms with Gasteiger partial charge in [-0.1, -0.05) is 24.3 Å². The monoisotopic (exact) mass is 281 g/mol. The molecule has 2 aliphatic rings. The van der Waals surface area contributed by atoms with Gasteiger partial charge in [0.1, 0.15) is 5.82 Å². The second-order valence-electron chi connectivity index (χ2n) is 6.54. The highest BCUT2D eigenvalue weighted by atomic mass is 15.1. The molecule has 4 rings (SSSR count). The highest BCUT2D eigenvalue weighted by molar-refractivity contribution is 5.75. The molecule has 0 saturated heterocycles. The number of hydrogen-bond donors (Lipinski definition) is 1. The number of hydrogen-bond acceptors (Lipinski definition) is 2. The second-order valence-corrected chi connectivity index (χ2v) is 6.54. The van der Waals surface area contributed by atoms with Crippen molar-refractivity contribution in [3.05, 3.63) is 42.2 Å². The number of fused-ring (bicyclic) bond motifs is 3. The molecule has 1 saturated carbocycles. The van der Waals surface area contributed by atoms with E-state index in [0.717, 1.165) is 48.7 Å². The minimum atomic E-state index is 0.846. The fourth-order valence-corrected chi connectivity index (χ4v) is 4.09. The van der Waals surface area contributed by atoms with Crippen LogP contribution in [0.1, 0.15) is 18.7 Å². The topological polar surface area (TPSA) is 29.9 Å². The van der Waals surface area contributed by atoms with Gasteiger partial charge < -0.3 is 9.88 Å². The van der Waals surface area contributed by atoms with Crippen molar-refractivity contribution in [1.82, 2.24) is 14.9 Å². The smallest absolute Gasteiger partial charge is 0.106 e. The lowest BCUT2D eigenvalue weighted by molar-refractivity contribution is 0.409. The van der Waals surface area contributed by atoms with E-state index in [9.17, 15) is 0 Å². The number of rotatable bonds is 5. The van der Waals surface area contributed by atoms with Crippen LogP contribution in [0.25, 0.3) is 11.0 Å². The van der Waals surface area contributed by atoms with Gasteiger partial charge in [0.25, 0.3) is 0 Å². The Kier molecular flexibility index (Phi) is 3.30. The average Bonchev–Trinajstić information content (AvgIpc) is 3.17. The molecule has 3 nitrogen and oxygen atoms in total. The van der Waals surface area contributed by atoms with Crippen LogP contribution < -0.4 is 5.32 Å². The van der Waals surface area contributed by atoms with Gasteiger partial charge in [0, 0.05) is 13.1 Å². The molecule has 2 bridgehead atoms. The maximum Gasteiger partial charge on any atom is 0.106 e. The fraction of sp³-hybridized carbons (Fsp3) is 0.500. The Morgan fingerprint density at radius 1 is 1.24 bits per heavy atom. The zero-order chi connectivity index (χ0) is 14.2. The van der Waals surface area contributed by atoms with E-state index < -0.39 is 0 Å². The van der Waals surface area contributed by atoms with Crippen molar-refractivity contribution in [2.45, 2.75) is 26.3 Å². The van der Waals surface area contributed by atoms with E-state index in [1.54, 1.807) is 0 Å². The van der Waals surface area contributed by atoms with Crippen molar-refractivity contribution in [3.8, 4) is 0 Å². The largest absolute Gasteiger partial charge is 0.327 e. The first kappa shape index (κ1) is 13.1. The van der Waals surface area contributed by atoms with Crippen LogP contribution in [0.2, 0.25) is 0 Å². The van der Waals surface area contributed by atoms with Crippen molar-refractivity contribution in [1.29, 1.82) is 0 Å². The van der Waals surface area contributed by atoms with E-state index in [0.29, 0.717) is 0 Å². The van der Waals surface area contributed by atoms with Crippen LogP contribution in [0.15, 0.2) is 36.4 Å². The predicted molar refractivity (Wildman–Crippen MR) is 86.2 cm³/mol. The molecule has 2 aromatic rings. The number of aromatic nitrogens is 2. The first-order chi connectivity index (χ1) is 10.3. The van der Waals surface area contributed by atoms with Crippen LogP contribution >= 0.6 is 0 Å². The van der Waals surface area contributed by atoms with E-state index in [2.05, 4.69) is 58.2 Å². The molecule has 0 radical (unpaired) electrons. The Hall–Kier alpha value is -1.61. The zero-order valence-corrected chi connectivity index (χ0v) is 12.6. The molecule has 110 valence electrons. The summed E-state index contributed by atoms with van der Waals surface area (Å²) in [6, 6.07) is 8.40. The second kappa shape index (κ2) is 5.30. The number of allylic oxidation sites excluding steroid dienone is 2. The summed E-state index contributed by atoms with van der Waals surface area (Å²) >= 11 is 0. The summed E-state index contributed by atoms with van der Waals surface area (Å²) in [4.78, 5) is 4.63. The summed E-state index contributed by atoms with van der Waals surface area (Å²) in [6.07, 6.45) is 7.65. The SMILES string of the molecule is Cc1nc2ccccc2n1CCNCC1CC2C=CC1C2. The summed E-state index contributed by atoms with van der Waals surface area (Å²) < 4.78 is 2.32. The van der Waals surface area contributed by atoms with E-state index in [-0.39, 0.29) is 0 Å². The van der Waals surface area contributed by atoms with Crippen LogP contribution in [0, 0.1) is 24.7 Å². The third-order valence-corrected chi connectivity index (χ3v) is 5.18. The lowest BCUT2D eigenvalue weighted by Crippen LogP contribution is -2.28. The van der Waals surface area contributed by atoms with Gasteiger partial charge in [-0.3, -0.25) is 0 Å². The van der Waals surface area contributed by atoms with Gasteiger partial charge in [-0.25, -0.2) is 4.98 Å². The Morgan fingerprint density at radius 2 is 2.14 bits per heavy atom. The van der Waals surface area contributed by atoms with Gasteiger partial charge in [0.15, 0.2) is 0 Å². The standard InChI is InChI=1S/C18H23N3/c1-13-20-17-4-2-3-5-18(17)21(13)9-8-19-12-16-11-14-6-7-15(16)10-14/h2-7,14-16,19H,8-12H2,1H3. The van der Waals surface area contributed by atoms with Gasteiger partial charge in [0.2, 0.25) is 0 Å². The van der Waals surface area contributed by atoms with Crippen LogP contribution in [-0.4, -0.2) is 22.6 Å². The molecule has 1 aromatic carbocycles. The molecule has 3 unspecified atom stereocenters. The lowest BCUT2D eigenvalue weighted by Gasteiger charge is -2.18. The zero-order valence-electron chi connectivity index (χ0n) is 12.6. The molecule has 1 fully saturated rings. The first-order valence-electron chi connectivity index (χ1n) is 8.12. The Labute approximate surface area is 126 Å². The summed E-state index contributed by atoms with van der Waals surface area (Å²) in [7, 11) is 0. The predicted octanol–water partition coefficient (Wildman–Crippen LogP) is 3.15. The number of benzene rings is 1. The normalized spacial score (nSPS) is 27.0. The van der Waals surface area contributed by atoms with Crippen LogP contribution in [0.4, 0.5) is 0 Å². The van der Waals surface area contributed by atoms with Crippen molar-refractivity contribution in [2.75, 3.05) is 13.1 Å². The summed E-state index contributed by atoms with van der Waals surface area (Å²) in [6.45, 7) is 5.29. The van der Waals surface area contributed by atoms with Gasteiger partial charge in [-0.2, -0.15) is 0 Å². The van der Waals surface area contributed by atoms with E-state index in [1.165, 1.54) is 18.4 Å². The molecule has 0 amide bonds. The van der Waals surface area contributed by atoms with E-state index in [4.69, 9.17) is 0 Å². The van der Waals surface area contributed by atoms with Crippen molar-refractivity contribution < 1.29 is 0 Å². The van der Waals surface area contributed by atoms with E-state index >= 15 is 0 Å². The molecular weight excluding hydrogens is 258 g/mol. The number of nitrogens with one attached hydrogen (secondary N) is 1. The maximum atomic E-state index is 4.63. The molecule has 3 atom stereocenters. The Balaban J connectivity index is 1.34. The summed E-state index contributed by atoms with van der Waals surface area (Å²) in [5, 5.41) is 3.66. The number of nitrogens with zero attached hydrogens (tertiary/aromatic N) is 2. The molecule has 1 N–H and O–H groups in total. The molecule has 2 aliphatic carbocycles. The molecule has 0 spiro atoms. The maximum absolute atomic E-state index is 4.63.